The molecule has 0 nitrogen and oxygen atoms in total. The molecule has 0 aliphatic rings. The van der Waals surface area contributed by atoms with Gasteiger partial charge in [0.2, 0.25) is 0 Å². The summed E-state index contributed by atoms with van der Waals surface area (Å²) in [7, 11) is 0. The Morgan fingerprint density at radius 3 is 2.24 bits per heavy atom. The molecule has 0 unspecified atom stereocenters. The molecule has 0 saturated heterocycles. The molecule has 0 aromatic heterocycles. The average molecular weight is 393 g/mol. The van der Waals surface area contributed by atoms with Gasteiger partial charge in [0.15, 0.2) is 0 Å². The van der Waals surface area contributed by atoms with Gasteiger partial charge in [0.25, 0.3) is 0 Å². The maximum Gasteiger partial charge on any atom is 0.137 e. The van der Waals surface area contributed by atoms with Crippen LogP contribution in [0.5, 0.6) is 0 Å². The molecule has 0 saturated carbocycles. The fraction of sp³-hybridized carbons (Fsp3) is 0.130. The number of hydrogen-bond donors (Lipinski definition) is 0. The van der Waals surface area contributed by atoms with Crippen LogP contribution in [-0.4, -0.2) is 0 Å². The number of aryl methyl sites for hydroxylation is 2. The molecule has 0 spiro atoms. The second-order valence-corrected chi connectivity index (χ2v) is 6.82. The van der Waals surface area contributed by atoms with Gasteiger partial charge >= 0.3 is 0 Å². The number of halogens is 2. The van der Waals surface area contributed by atoms with Crippen molar-refractivity contribution in [3.8, 4) is 23.0 Å². The molecule has 0 N–H and O–H groups in total. The van der Waals surface area contributed by atoms with Gasteiger partial charge in [-0.2, -0.15) is 0 Å². The molecule has 124 valence electrons. The first-order chi connectivity index (χ1) is 12.1. The lowest BCUT2D eigenvalue weighted by Crippen LogP contribution is -1.90. The fourth-order valence-corrected chi connectivity index (χ4v) is 2.89. The second-order valence-electron chi connectivity index (χ2n) is 5.97. The van der Waals surface area contributed by atoms with Gasteiger partial charge < -0.3 is 0 Å². The minimum absolute atomic E-state index is 0.251. The van der Waals surface area contributed by atoms with E-state index in [4.69, 9.17) is 0 Å². The van der Waals surface area contributed by atoms with Crippen molar-refractivity contribution in [1.29, 1.82) is 0 Å². The van der Waals surface area contributed by atoms with E-state index in [2.05, 4.69) is 59.8 Å². The molecule has 0 radical (unpaired) electrons. The minimum atomic E-state index is -0.251. The highest BCUT2D eigenvalue weighted by atomic mass is 79.9. The van der Waals surface area contributed by atoms with Crippen LogP contribution in [0.2, 0.25) is 0 Å². The van der Waals surface area contributed by atoms with Gasteiger partial charge in [-0.25, -0.2) is 4.39 Å². The topological polar surface area (TPSA) is 0 Å². The van der Waals surface area contributed by atoms with Crippen LogP contribution >= 0.6 is 15.9 Å². The predicted octanol–water partition coefficient (Wildman–Crippen LogP) is 6.53. The molecule has 0 fully saturated rings. The van der Waals surface area contributed by atoms with Crippen LogP contribution in [0.4, 0.5) is 4.39 Å². The first-order valence-corrected chi connectivity index (χ1v) is 9.03. The van der Waals surface area contributed by atoms with Crippen LogP contribution in [0, 0.1) is 24.6 Å². The monoisotopic (exact) mass is 392 g/mol. The Morgan fingerprint density at radius 1 is 0.880 bits per heavy atom. The summed E-state index contributed by atoms with van der Waals surface area (Å²) >= 11 is 3.20. The van der Waals surface area contributed by atoms with Gasteiger partial charge in [-0.15, -0.1) is 0 Å². The van der Waals surface area contributed by atoms with Crippen molar-refractivity contribution in [1.82, 2.24) is 0 Å². The highest BCUT2D eigenvalue weighted by Crippen LogP contribution is 2.26. The first-order valence-electron chi connectivity index (χ1n) is 8.24. The standard InChI is InChI=1S/C23H18BrF/c1-3-18-14-20(21-12-13-22(24)23(25)15-21)11-10-19(18)9-8-17-6-4-16(2)5-7-17/h4-7,10-15H,3H2,1-2H3. The Kier molecular flexibility index (Phi) is 5.36. The van der Waals surface area contributed by atoms with Gasteiger partial charge in [-0.05, 0) is 82.4 Å². The summed E-state index contributed by atoms with van der Waals surface area (Å²) < 4.78 is 14.3. The Morgan fingerprint density at radius 2 is 1.56 bits per heavy atom. The third-order valence-electron chi connectivity index (χ3n) is 4.13. The molecule has 3 aromatic rings. The lowest BCUT2D eigenvalue weighted by Gasteiger charge is -2.08. The van der Waals surface area contributed by atoms with Crippen LogP contribution in [0.25, 0.3) is 11.1 Å². The van der Waals surface area contributed by atoms with Gasteiger partial charge in [-0.1, -0.05) is 48.6 Å². The summed E-state index contributed by atoms with van der Waals surface area (Å²) in [5.74, 6) is 6.24. The van der Waals surface area contributed by atoms with Crippen molar-refractivity contribution >= 4 is 15.9 Å². The van der Waals surface area contributed by atoms with Crippen molar-refractivity contribution in [2.24, 2.45) is 0 Å². The molecule has 3 rings (SSSR count). The third-order valence-corrected chi connectivity index (χ3v) is 4.78. The summed E-state index contributed by atoms with van der Waals surface area (Å²) in [5, 5.41) is 0. The van der Waals surface area contributed by atoms with Crippen LogP contribution in [0.15, 0.2) is 65.1 Å². The SMILES string of the molecule is CCc1cc(-c2ccc(Br)c(F)c2)ccc1C#Cc1ccc(C)cc1. The molecule has 0 heterocycles. The van der Waals surface area contributed by atoms with E-state index in [1.165, 1.54) is 11.1 Å². The lowest BCUT2D eigenvalue weighted by atomic mass is 9.97. The maximum absolute atomic E-state index is 13.8. The summed E-state index contributed by atoms with van der Waals surface area (Å²) in [5.41, 5.74) is 6.29. The highest BCUT2D eigenvalue weighted by Gasteiger charge is 2.06. The van der Waals surface area contributed by atoms with E-state index < -0.39 is 0 Å². The predicted molar refractivity (Wildman–Crippen MR) is 106 cm³/mol. The molecule has 0 bridgehead atoms. The zero-order valence-corrected chi connectivity index (χ0v) is 15.8. The van der Waals surface area contributed by atoms with E-state index in [0.29, 0.717) is 4.47 Å². The average Bonchev–Trinajstić information content (AvgIpc) is 2.63. The Balaban J connectivity index is 1.95. The zero-order valence-electron chi connectivity index (χ0n) is 14.2. The Labute approximate surface area is 156 Å². The van der Waals surface area contributed by atoms with E-state index in [1.807, 2.05) is 30.3 Å². The van der Waals surface area contributed by atoms with E-state index >= 15 is 0 Å². The second kappa shape index (κ2) is 7.68. The van der Waals surface area contributed by atoms with Crippen LogP contribution in [-0.2, 0) is 6.42 Å². The van der Waals surface area contributed by atoms with Crippen molar-refractivity contribution in [3.63, 3.8) is 0 Å². The van der Waals surface area contributed by atoms with E-state index in [-0.39, 0.29) is 5.82 Å². The van der Waals surface area contributed by atoms with E-state index in [0.717, 1.165) is 28.7 Å². The summed E-state index contributed by atoms with van der Waals surface area (Å²) in [6.45, 7) is 4.18. The number of hydrogen-bond acceptors (Lipinski definition) is 0. The zero-order chi connectivity index (χ0) is 17.8. The van der Waals surface area contributed by atoms with Crippen LogP contribution in [0.1, 0.15) is 29.2 Å². The van der Waals surface area contributed by atoms with Crippen LogP contribution < -0.4 is 0 Å². The molecular formula is C23H18BrF. The summed E-state index contributed by atoms with van der Waals surface area (Å²) in [4.78, 5) is 0. The first kappa shape index (κ1) is 17.5. The Bertz CT molecular complexity index is 960. The molecule has 0 atom stereocenters. The smallest absolute Gasteiger partial charge is 0.137 e. The van der Waals surface area contributed by atoms with Gasteiger partial charge in [0.05, 0.1) is 4.47 Å². The van der Waals surface area contributed by atoms with E-state index in [1.54, 1.807) is 12.1 Å². The van der Waals surface area contributed by atoms with Crippen molar-refractivity contribution in [3.05, 3.63) is 93.2 Å². The highest BCUT2D eigenvalue weighted by molar-refractivity contribution is 9.10. The van der Waals surface area contributed by atoms with Crippen molar-refractivity contribution in [2.45, 2.75) is 20.3 Å². The molecular weight excluding hydrogens is 375 g/mol. The van der Waals surface area contributed by atoms with Gasteiger partial charge in [0, 0.05) is 11.1 Å². The van der Waals surface area contributed by atoms with Gasteiger partial charge in [-0.3, -0.25) is 0 Å². The largest absolute Gasteiger partial charge is 0.206 e. The maximum atomic E-state index is 13.8. The third kappa shape index (κ3) is 4.18. The Hall–Kier alpha value is -2.37. The molecule has 2 heteroatoms. The summed E-state index contributed by atoms with van der Waals surface area (Å²) in [6, 6.07) is 19.5. The summed E-state index contributed by atoms with van der Waals surface area (Å²) in [6.07, 6.45) is 0.880. The molecule has 3 aromatic carbocycles. The minimum Gasteiger partial charge on any atom is -0.206 e. The van der Waals surface area contributed by atoms with E-state index in [9.17, 15) is 4.39 Å². The fourth-order valence-electron chi connectivity index (χ4n) is 2.64. The number of benzene rings is 3. The molecule has 0 aliphatic heterocycles. The van der Waals surface area contributed by atoms with Crippen LogP contribution in [0.3, 0.4) is 0 Å². The lowest BCUT2D eigenvalue weighted by molar-refractivity contribution is 0.621. The quantitative estimate of drug-likeness (QED) is 0.435. The van der Waals surface area contributed by atoms with Gasteiger partial charge in [0.1, 0.15) is 5.82 Å². The van der Waals surface area contributed by atoms with Crippen molar-refractivity contribution in [2.75, 3.05) is 0 Å². The molecule has 0 amide bonds. The number of rotatable bonds is 2. The van der Waals surface area contributed by atoms with Crippen molar-refractivity contribution < 1.29 is 4.39 Å². The molecule has 0 aliphatic carbocycles. The molecule has 25 heavy (non-hydrogen) atoms. The normalized spacial score (nSPS) is 10.2.